The van der Waals surface area contributed by atoms with E-state index >= 15 is 0 Å². The summed E-state index contributed by atoms with van der Waals surface area (Å²) in [5, 5.41) is 6.44. The summed E-state index contributed by atoms with van der Waals surface area (Å²) < 4.78 is 0. The average Bonchev–Trinajstić information content (AvgIpc) is 2.32. The third-order valence-electron chi connectivity index (χ3n) is 2.20. The van der Waals surface area contributed by atoms with Crippen molar-refractivity contribution in [1.29, 1.82) is 0 Å². The number of amides is 2. The molecule has 0 fully saturated rings. The summed E-state index contributed by atoms with van der Waals surface area (Å²) in [6, 6.07) is 12.0. The minimum Gasteiger partial charge on any atom is -0.316 e. The van der Waals surface area contributed by atoms with Crippen LogP contribution < -0.4 is 10.6 Å². The van der Waals surface area contributed by atoms with E-state index in [0.717, 1.165) is 5.39 Å². The van der Waals surface area contributed by atoms with E-state index in [1.165, 1.54) is 0 Å². The van der Waals surface area contributed by atoms with Crippen LogP contribution in [0.2, 0.25) is 0 Å². The van der Waals surface area contributed by atoms with Gasteiger partial charge in [0.15, 0.2) is 0 Å². The monoisotopic (exact) mass is 211 g/mol. The van der Waals surface area contributed by atoms with Crippen LogP contribution in [-0.2, 0) is 9.59 Å². The lowest BCUT2D eigenvalue weighted by Crippen LogP contribution is -2.02. The first-order valence-corrected chi connectivity index (χ1v) is 4.56. The lowest BCUT2D eigenvalue weighted by Gasteiger charge is -2.09. The highest BCUT2D eigenvalue weighted by atomic mass is 16.1. The SMILES string of the molecule is O=[C]Nc1ccc2ccc[c]c2c1N[C]=O. The van der Waals surface area contributed by atoms with Crippen LogP contribution in [-0.4, -0.2) is 12.8 Å². The predicted octanol–water partition coefficient (Wildman–Crippen LogP) is 1.60. The van der Waals surface area contributed by atoms with Gasteiger partial charge in [0, 0.05) is 5.39 Å². The quantitative estimate of drug-likeness (QED) is 0.754. The van der Waals surface area contributed by atoms with E-state index in [2.05, 4.69) is 16.7 Å². The van der Waals surface area contributed by atoms with Crippen molar-refractivity contribution in [2.75, 3.05) is 10.6 Å². The van der Waals surface area contributed by atoms with Crippen LogP contribution >= 0.6 is 0 Å². The molecule has 0 aromatic heterocycles. The Hall–Kier alpha value is -2.36. The molecule has 0 heterocycles. The molecular weight excluding hydrogens is 204 g/mol. The smallest absolute Gasteiger partial charge is 0.314 e. The number of hydrogen-bond acceptors (Lipinski definition) is 2. The van der Waals surface area contributed by atoms with Gasteiger partial charge in [0.1, 0.15) is 0 Å². The number of carbonyl (C=O) groups excluding carboxylic acids is 2. The summed E-state index contributed by atoms with van der Waals surface area (Å²) in [6.07, 6.45) is 3.15. The number of nitrogens with one attached hydrogen (secondary N) is 2. The topological polar surface area (TPSA) is 58.2 Å². The van der Waals surface area contributed by atoms with Gasteiger partial charge in [0.25, 0.3) is 0 Å². The van der Waals surface area contributed by atoms with Gasteiger partial charge in [-0.25, -0.2) is 0 Å². The first-order valence-electron chi connectivity index (χ1n) is 4.56. The van der Waals surface area contributed by atoms with Gasteiger partial charge in [-0.1, -0.05) is 24.3 Å². The molecule has 0 bridgehead atoms. The molecule has 0 aliphatic carbocycles. The van der Waals surface area contributed by atoms with Gasteiger partial charge in [0.05, 0.1) is 11.4 Å². The van der Waals surface area contributed by atoms with E-state index in [-0.39, 0.29) is 0 Å². The van der Waals surface area contributed by atoms with E-state index in [0.29, 0.717) is 16.8 Å². The highest BCUT2D eigenvalue weighted by molar-refractivity contribution is 6.04. The minimum absolute atomic E-state index is 0.466. The second kappa shape index (κ2) is 4.44. The van der Waals surface area contributed by atoms with Crippen molar-refractivity contribution in [2.45, 2.75) is 0 Å². The predicted molar refractivity (Wildman–Crippen MR) is 61.4 cm³/mol. The normalized spacial score (nSPS) is 9.75. The summed E-state index contributed by atoms with van der Waals surface area (Å²) in [5.41, 5.74) is 0.935. The Balaban J connectivity index is 2.67. The molecule has 0 saturated heterocycles. The second-order valence-corrected chi connectivity index (χ2v) is 3.08. The molecule has 3 radical (unpaired) electrons. The zero-order valence-electron chi connectivity index (χ0n) is 8.20. The van der Waals surface area contributed by atoms with Gasteiger partial charge < -0.3 is 10.6 Å². The minimum atomic E-state index is 0.466. The molecule has 4 heteroatoms. The molecule has 2 amide bonds. The van der Waals surface area contributed by atoms with Gasteiger partial charge >= 0.3 is 12.8 Å². The van der Waals surface area contributed by atoms with Crippen LogP contribution in [0.1, 0.15) is 0 Å². The van der Waals surface area contributed by atoms with E-state index in [9.17, 15) is 9.59 Å². The number of fused-ring (bicyclic) bond motifs is 1. The van der Waals surface area contributed by atoms with Crippen LogP contribution in [0.5, 0.6) is 0 Å². The standard InChI is InChI=1S/C12H7N2O2/c15-7-13-11-6-5-9-3-1-2-4-10(9)12(11)14-8-16/h1-3,5-6H,(H,13,15)(H,14,16). The van der Waals surface area contributed by atoms with Crippen molar-refractivity contribution in [3.8, 4) is 0 Å². The number of anilines is 2. The van der Waals surface area contributed by atoms with E-state index in [1.54, 1.807) is 25.0 Å². The maximum atomic E-state index is 10.4. The molecule has 2 rings (SSSR count). The van der Waals surface area contributed by atoms with Crippen LogP contribution in [0.25, 0.3) is 10.8 Å². The van der Waals surface area contributed by atoms with Gasteiger partial charge in [-0.2, -0.15) is 0 Å². The summed E-state index contributed by atoms with van der Waals surface area (Å²) in [6.45, 7) is 0. The molecule has 16 heavy (non-hydrogen) atoms. The Labute approximate surface area is 92.3 Å². The number of hydrogen-bond donors (Lipinski definition) is 2. The van der Waals surface area contributed by atoms with Gasteiger partial charge in [-0.15, -0.1) is 0 Å². The highest BCUT2D eigenvalue weighted by Crippen LogP contribution is 2.30. The van der Waals surface area contributed by atoms with Crippen LogP contribution in [0.15, 0.2) is 30.3 Å². The Bertz CT molecular complexity index is 538. The molecule has 0 aliphatic heterocycles. The van der Waals surface area contributed by atoms with Crippen molar-refractivity contribution in [2.24, 2.45) is 0 Å². The maximum absolute atomic E-state index is 10.4. The molecule has 2 aromatic rings. The first-order chi connectivity index (χ1) is 7.86. The third-order valence-corrected chi connectivity index (χ3v) is 2.20. The van der Waals surface area contributed by atoms with Crippen molar-refractivity contribution >= 4 is 35.0 Å². The first kappa shape index (κ1) is 10.2. The largest absolute Gasteiger partial charge is 0.316 e. The number of rotatable bonds is 4. The van der Waals surface area contributed by atoms with Crippen molar-refractivity contribution in [3.05, 3.63) is 36.4 Å². The molecule has 0 spiro atoms. The molecule has 2 N–H and O–H groups in total. The Morgan fingerprint density at radius 3 is 2.62 bits per heavy atom. The van der Waals surface area contributed by atoms with Crippen LogP contribution in [0, 0.1) is 6.07 Å². The third kappa shape index (κ3) is 1.72. The Morgan fingerprint density at radius 1 is 1.06 bits per heavy atom. The zero-order chi connectivity index (χ0) is 11.4. The Kier molecular flexibility index (Phi) is 2.82. The highest BCUT2D eigenvalue weighted by Gasteiger charge is 2.06. The van der Waals surface area contributed by atoms with Gasteiger partial charge in [-0.3, -0.25) is 9.59 Å². The molecule has 4 nitrogen and oxygen atoms in total. The second-order valence-electron chi connectivity index (χ2n) is 3.08. The summed E-state index contributed by atoms with van der Waals surface area (Å²) in [5.74, 6) is 0. The lowest BCUT2D eigenvalue weighted by molar-refractivity contribution is 0.559. The van der Waals surface area contributed by atoms with Gasteiger partial charge in [0.2, 0.25) is 0 Å². The summed E-state index contributed by atoms with van der Waals surface area (Å²) in [4.78, 5) is 20.7. The fourth-order valence-electron chi connectivity index (χ4n) is 1.54. The summed E-state index contributed by atoms with van der Waals surface area (Å²) >= 11 is 0. The molecule has 0 saturated carbocycles. The molecule has 0 atom stereocenters. The van der Waals surface area contributed by atoms with E-state index in [1.807, 2.05) is 18.2 Å². The van der Waals surface area contributed by atoms with Crippen LogP contribution in [0.4, 0.5) is 11.4 Å². The maximum Gasteiger partial charge on any atom is 0.314 e. The molecule has 77 valence electrons. The van der Waals surface area contributed by atoms with Crippen molar-refractivity contribution < 1.29 is 9.59 Å². The van der Waals surface area contributed by atoms with E-state index < -0.39 is 0 Å². The Morgan fingerprint density at radius 2 is 1.88 bits per heavy atom. The van der Waals surface area contributed by atoms with E-state index in [4.69, 9.17) is 0 Å². The van der Waals surface area contributed by atoms with Crippen molar-refractivity contribution in [3.63, 3.8) is 0 Å². The summed E-state index contributed by atoms with van der Waals surface area (Å²) in [7, 11) is 0. The average molecular weight is 211 g/mol. The lowest BCUT2D eigenvalue weighted by atomic mass is 10.1. The number of benzene rings is 2. The van der Waals surface area contributed by atoms with Crippen LogP contribution in [0.3, 0.4) is 0 Å². The van der Waals surface area contributed by atoms with Gasteiger partial charge in [-0.05, 0) is 17.5 Å². The molecule has 0 unspecified atom stereocenters. The van der Waals surface area contributed by atoms with Crippen molar-refractivity contribution in [1.82, 2.24) is 0 Å². The fraction of sp³-hybridized carbons (Fsp3) is 0. The fourth-order valence-corrected chi connectivity index (χ4v) is 1.54. The zero-order valence-corrected chi connectivity index (χ0v) is 8.20. The molecule has 0 aliphatic rings. The molecular formula is C12H7N2O2. The molecule has 2 aromatic carbocycles.